The number of nitrogens with zero attached hydrogens (tertiary/aromatic N) is 4. The van der Waals surface area contributed by atoms with Gasteiger partial charge in [-0.1, -0.05) is 18.5 Å². The van der Waals surface area contributed by atoms with Crippen molar-refractivity contribution in [3.05, 3.63) is 21.6 Å². The van der Waals surface area contributed by atoms with E-state index in [4.69, 9.17) is 10.3 Å². The van der Waals surface area contributed by atoms with E-state index < -0.39 is 10.5 Å². The molecule has 2 aromatic heterocycles. The topological polar surface area (TPSA) is 137 Å². The van der Waals surface area contributed by atoms with E-state index in [1.165, 1.54) is 0 Å². The average Bonchev–Trinajstić information content (AvgIpc) is 3.02. The fourth-order valence-electron chi connectivity index (χ4n) is 2.45. The molecule has 0 saturated heterocycles. The molecule has 21 heavy (non-hydrogen) atoms. The first-order valence-electron chi connectivity index (χ1n) is 6.90. The summed E-state index contributed by atoms with van der Waals surface area (Å²) < 4.78 is 5.13. The van der Waals surface area contributed by atoms with Gasteiger partial charge in [-0.3, -0.25) is 15.2 Å². The molecule has 0 atom stereocenters. The Morgan fingerprint density at radius 2 is 2.29 bits per heavy atom. The quantitative estimate of drug-likeness (QED) is 0.631. The highest BCUT2D eigenvalue weighted by molar-refractivity contribution is 5.64. The molecule has 0 spiro atoms. The molecule has 9 heteroatoms. The number of nitrogens with one attached hydrogen (secondary N) is 1. The molecule has 3 rings (SSSR count). The molecule has 0 aromatic carbocycles. The first-order chi connectivity index (χ1) is 10.0. The minimum Gasteiger partial charge on any atom is -0.332 e. The molecule has 2 aromatic rings. The van der Waals surface area contributed by atoms with Gasteiger partial charge >= 0.3 is 5.69 Å². The lowest BCUT2D eigenvalue weighted by molar-refractivity contribution is -0.384. The molecule has 1 saturated carbocycles. The lowest BCUT2D eigenvalue weighted by atomic mass is 9.77. The Hall–Kier alpha value is -2.29. The summed E-state index contributed by atoms with van der Waals surface area (Å²) in [5, 5.41) is 21.8. The number of aromatic amines is 1. The van der Waals surface area contributed by atoms with Crippen LogP contribution in [0.15, 0.2) is 4.52 Å². The van der Waals surface area contributed by atoms with Gasteiger partial charge in [0, 0.05) is 0 Å². The SMILES string of the molecule is CCCc1[nH]nc(-c2nc(C3(N)CCC3)no2)c1[N+](=O)[O-]. The van der Waals surface area contributed by atoms with Crippen LogP contribution in [0, 0.1) is 10.1 Å². The van der Waals surface area contributed by atoms with Crippen molar-refractivity contribution in [1.29, 1.82) is 0 Å². The van der Waals surface area contributed by atoms with Crippen LogP contribution >= 0.6 is 0 Å². The summed E-state index contributed by atoms with van der Waals surface area (Å²) in [5.41, 5.74) is 5.98. The second kappa shape index (κ2) is 4.92. The third-order valence-corrected chi connectivity index (χ3v) is 3.82. The Labute approximate surface area is 120 Å². The number of nitrogens with two attached hydrogens (primary N) is 1. The van der Waals surface area contributed by atoms with E-state index >= 15 is 0 Å². The van der Waals surface area contributed by atoms with E-state index in [9.17, 15) is 10.1 Å². The van der Waals surface area contributed by atoms with E-state index in [1.807, 2.05) is 6.92 Å². The van der Waals surface area contributed by atoms with Crippen LogP contribution in [0.25, 0.3) is 11.6 Å². The molecule has 1 aliphatic rings. The Morgan fingerprint density at radius 1 is 1.52 bits per heavy atom. The van der Waals surface area contributed by atoms with Crippen molar-refractivity contribution in [2.24, 2.45) is 5.73 Å². The van der Waals surface area contributed by atoms with Crippen LogP contribution in [0.3, 0.4) is 0 Å². The Kier molecular flexibility index (Phi) is 3.20. The summed E-state index contributed by atoms with van der Waals surface area (Å²) in [5.74, 6) is 0.421. The normalized spacial score (nSPS) is 16.7. The maximum Gasteiger partial charge on any atom is 0.322 e. The molecule has 2 heterocycles. The first kappa shape index (κ1) is 13.7. The van der Waals surface area contributed by atoms with Crippen molar-refractivity contribution in [1.82, 2.24) is 20.3 Å². The molecule has 0 aliphatic heterocycles. The molecular formula is C12H16N6O3. The second-order valence-corrected chi connectivity index (χ2v) is 5.34. The monoisotopic (exact) mass is 292 g/mol. The second-order valence-electron chi connectivity index (χ2n) is 5.34. The number of H-pyrrole nitrogens is 1. The van der Waals surface area contributed by atoms with E-state index in [0.29, 0.717) is 17.9 Å². The van der Waals surface area contributed by atoms with Crippen LogP contribution in [0.5, 0.6) is 0 Å². The van der Waals surface area contributed by atoms with Gasteiger partial charge in [-0.15, -0.1) is 0 Å². The summed E-state index contributed by atoms with van der Waals surface area (Å²) in [4.78, 5) is 15.0. The van der Waals surface area contributed by atoms with E-state index in [2.05, 4.69) is 20.3 Å². The summed E-state index contributed by atoms with van der Waals surface area (Å²) in [7, 11) is 0. The smallest absolute Gasteiger partial charge is 0.322 e. The van der Waals surface area contributed by atoms with Gasteiger partial charge < -0.3 is 10.3 Å². The number of hydrogen-bond acceptors (Lipinski definition) is 7. The van der Waals surface area contributed by atoms with Crippen molar-refractivity contribution in [3.8, 4) is 11.6 Å². The van der Waals surface area contributed by atoms with Crippen molar-refractivity contribution in [2.45, 2.75) is 44.6 Å². The van der Waals surface area contributed by atoms with Crippen LogP contribution in [-0.4, -0.2) is 25.3 Å². The minimum absolute atomic E-state index is 0.0343. The number of rotatable bonds is 5. The third-order valence-electron chi connectivity index (χ3n) is 3.82. The summed E-state index contributed by atoms with van der Waals surface area (Å²) >= 11 is 0. The zero-order valence-electron chi connectivity index (χ0n) is 11.6. The van der Waals surface area contributed by atoms with Crippen LogP contribution in [-0.2, 0) is 12.0 Å². The fourth-order valence-corrected chi connectivity index (χ4v) is 2.45. The van der Waals surface area contributed by atoms with E-state index in [0.717, 1.165) is 25.7 Å². The molecule has 0 amide bonds. The molecule has 1 fully saturated rings. The highest BCUT2D eigenvalue weighted by atomic mass is 16.6. The molecule has 0 radical (unpaired) electrons. The Balaban J connectivity index is 1.99. The highest BCUT2D eigenvalue weighted by Crippen LogP contribution is 2.38. The molecule has 0 unspecified atom stereocenters. The zero-order chi connectivity index (χ0) is 15.0. The minimum atomic E-state index is -0.570. The van der Waals surface area contributed by atoms with Gasteiger partial charge in [0.05, 0.1) is 10.5 Å². The summed E-state index contributed by atoms with van der Waals surface area (Å²) in [6.07, 6.45) is 3.89. The molecular weight excluding hydrogens is 276 g/mol. The van der Waals surface area contributed by atoms with Crippen molar-refractivity contribution >= 4 is 5.69 Å². The number of aryl methyl sites for hydroxylation is 1. The average molecular weight is 292 g/mol. The summed E-state index contributed by atoms with van der Waals surface area (Å²) in [6, 6.07) is 0. The Bertz CT molecular complexity index is 672. The molecule has 0 bridgehead atoms. The Morgan fingerprint density at radius 3 is 2.86 bits per heavy atom. The van der Waals surface area contributed by atoms with E-state index in [-0.39, 0.29) is 17.3 Å². The molecule has 112 valence electrons. The summed E-state index contributed by atoms with van der Waals surface area (Å²) in [6.45, 7) is 1.93. The fraction of sp³-hybridized carbons (Fsp3) is 0.583. The maximum atomic E-state index is 11.3. The van der Waals surface area contributed by atoms with Gasteiger partial charge in [0.15, 0.2) is 5.82 Å². The lowest BCUT2D eigenvalue weighted by Crippen LogP contribution is -2.44. The zero-order valence-corrected chi connectivity index (χ0v) is 11.6. The number of aromatic nitrogens is 4. The van der Waals surface area contributed by atoms with Gasteiger partial charge in [-0.05, 0) is 25.7 Å². The van der Waals surface area contributed by atoms with Crippen LogP contribution in [0.1, 0.15) is 44.1 Å². The van der Waals surface area contributed by atoms with Crippen molar-refractivity contribution in [2.75, 3.05) is 0 Å². The number of nitro groups is 1. The van der Waals surface area contributed by atoms with Gasteiger partial charge in [-0.2, -0.15) is 10.1 Å². The predicted octanol–water partition coefficient (Wildman–Crippen LogP) is 1.66. The van der Waals surface area contributed by atoms with Crippen LogP contribution in [0.2, 0.25) is 0 Å². The predicted molar refractivity (Wildman–Crippen MR) is 72.2 cm³/mol. The van der Waals surface area contributed by atoms with Crippen LogP contribution < -0.4 is 5.73 Å². The first-order valence-corrected chi connectivity index (χ1v) is 6.90. The molecule has 9 nitrogen and oxygen atoms in total. The van der Waals surface area contributed by atoms with E-state index in [1.54, 1.807) is 0 Å². The van der Waals surface area contributed by atoms with Gasteiger partial charge in [0.2, 0.25) is 5.69 Å². The lowest BCUT2D eigenvalue weighted by Gasteiger charge is -2.34. The van der Waals surface area contributed by atoms with Crippen molar-refractivity contribution in [3.63, 3.8) is 0 Å². The van der Waals surface area contributed by atoms with Crippen molar-refractivity contribution < 1.29 is 9.45 Å². The standard InChI is InChI=1S/C12H16N6O3/c1-2-4-7-9(18(19)20)8(16-15-7)10-14-11(17-21-10)12(13)5-3-6-12/h2-6,13H2,1H3,(H,15,16). The number of hydrogen-bond donors (Lipinski definition) is 2. The molecule has 3 N–H and O–H groups in total. The maximum absolute atomic E-state index is 11.3. The van der Waals surface area contributed by atoms with Gasteiger partial charge in [0.25, 0.3) is 5.89 Å². The van der Waals surface area contributed by atoms with Gasteiger partial charge in [-0.25, -0.2) is 0 Å². The highest BCUT2D eigenvalue weighted by Gasteiger charge is 2.40. The van der Waals surface area contributed by atoms with Crippen LogP contribution in [0.4, 0.5) is 5.69 Å². The van der Waals surface area contributed by atoms with Gasteiger partial charge in [0.1, 0.15) is 5.69 Å². The third kappa shape index (κ3) is 2.19. The largest absolute Gasteiger partial charge is 0.332 e. The molecule has 1 aliphatic carbocycles.